The maximum atomic E-state index is 13.1. The first-order chi connectivity index (χ1) is 13.6. The van der Waals surface area contributed by atoms with Crippen molar-refractivity contribution in [2.24, 2.45) is 0 Å². The number of nitrogens with one attached hydrogen (secondary N) is 1. The standard InChI is InChI=1S/C21H28FN5O/c1-3-4-5-10-23-20(28)19-15-16(2)24-21(25-19)27-13-11-26(12-14-27)18-8-6-17(22)7-9-18/h6-9,15H,3-5,10-14H2,1-2H3,(H,23,28). The summed E-state index contributed by atoms with van der Waals surface area (Å²) in [6.45, 7) is 7.77. The summed E-state index contributed by atoms with van der Waals surface area (Å²) in [5, 5.41) is 2.94. The molecule has 28 heavy (non-hydrogen) atoms. The lowest BCUT2D eigenvalue weighted by Crippen LogP contribution is -2.47. The second-order valence-electron chi connectivity index (χ2n) is 7.11. The molecule has 1 fully saturated rings. The van der Waals surface area contributed by atoms with E-state index in [1.54, 1.807) is 18.2 Å². The van der Waals surface area contributed by atoms with Crippen molar-refractivity contribution in [3.8, 4) is 0 Å². The van der Waals surface area contributed by atoms with Crippen LogP contribution in [0.4, 0.5) is 16.0 Å². The number of rotatable bonds is 7. The van der Waals surface area contributed by atoms with Gasteiger partial charge in [0.2, 0.25) is 5.95 Å². The van der Waals surface area contributed by atoms with Crippen molar-refractivity contribution in [1.29, 1.82) is 0 Å². The van der Waals surface area contributed by atoms with E-state index in [0.29, 0.717) is 18.2 Å². The molecule has 1 aliphatic heterocycles. The third-order valence-corrected chi connectivity index (χ3v) is 4.90. The summed E-state index contributed by atoms with van der Waals surface area (Å²) < 4.78 is 13.1. The molecule has 2 aromatic rings. The largest absolute Gasteiger partial charge is 0.368 e. The zero-order chi connectivity index (χ0) is 19.9. The summed E-state index contributed by atoms with van der Waals surface area (Å²) in [6.07, 6.45) is 3.20. The van der Waals surface area contributed by atoms with Gasteiger partial charge in [-0.1, -0.05) is 19.8 Å². The molecule has 3 rings (SSSR count). The van der Waals surface area contributed by atoms with Crippen molar-refractivity contribution in [2.75, 3.05) is 42.5 Å². The SMILES string of the molecule is CCCCCNC(=O)c1cc(C)nc(N2CCN(c3ccc(F)cc3)CC2)n1. The first-order valence-electron chi connectivity index (χ1n) is 9.96. The van der Waals surface area contributed by atoms with Crippen LogP contribution in [0.3, 0.4) is 0 Å². The molecule has 1 aliphatic rings. The van der Waals surface area contributed by atoms with Gasteiger partial charge < -0.3 is 15.1 Å². The van der Waals surface area contributed by atoms with Crippen molar-refractivity contribution in [1.82, 2.24) is 15.3 Å². The first kappa shape index (κ1) is 20.0. The summed E-state index contributed by atoms with van der Waals surface area (Å²) in [4.78, 5) is 25.7. The number of piperazine rings is 1. The van der Waals surface area contributed by atoms with Crippen LogP contribution in [-0.4, -0.2) is 48.6 Å². The number of benzene rings is 1. The number of carbonyl (C=O) groups excluding carboxylic acids is 1. The first-order valence-corrected chi connectivity index (χ1v) is 9.96. The Kier molecular flexibility index (Phi) is 6.79. The van der Waals surface area contributed by atoms with Crippen LogP contribution < -0.4 is 15.1 Å². The van der Waals surface area contributed by atoms with E-state index >= 15 is 0 Å². The molecule has 0 saturated carbocycles. The van der Waals surface area contributed by atoms with E-state index in [1.807, 2.05) is 6.92 Å². The van der Waals surface area contributed by atoms with Gasteiger partial charge in [0.15, 0.2) is 0 Å². The molecule has 0 radical (unpaired) electrons. The van der Waals surface area contributed by atoms with Crippen molar-refractivity contribution in [3.63, 3.8) is 0 Å². The van der Waals surface area contributed by atoms with Crippen LogP contribution >= 0.6 is 0 Å². The third-order valence-electron chi connectivity index (χ3n) is 4.90. The topological polar surface area (TPSA) is 61.4 Å². The van der Waals surface area contributed by atoms with E-state index in [2.05, 4.69) is 32.0 Å². The number of anilines is 2. The molecular weight excluding hydrogens is 357 g/mol. The van der Waals surface area contributed by atoms with Gasteiger partial charge in [0.25, 0.3) is 5.91 Å². The molecule has 1 N–H and O–H groups in total. The van der Waals surface area contributed by atoms with Gasteiger partial charge in [-0.2, -0.15) is 0 Å². The van der Waals surface area contributed by atoms with Gasteiger partial charge in [0, 0.05) is 44.1 Å². The zero-order valence-electron chi connectivity index (χ0n) is 16.6. The smallest absolute Gasteiger partial charge is 0.270 e. The number of amides is 1. The molecule has 1 amide bonds. The average Bonchev–Trinajstić information content (AvgIpc) is 2.71. The van der Waals surface area contributed by atoms with Crippen LogP contribution in [0.2, 0.25) is 0 Å². The number of unbranched alkanes of at least 4 members (excludes halogenated alkanes) is 2. The Morgan fingerprint density at radius 3 is 2.43 bits per heavy atom. The van der Waals surface area contributed by atoms with Gasteiger partial charge >= 0.3 is 0 Å². The minimum absolute atomic E-state index is 0.146. The predicted molar refractivity (Wildman–Crippen MR) is 109 cm³/mol. The van der Waals surface area contributed by atoms with Gasteiger partial charge in [-0.3, -0.25) is 4.79 Å². The Morgan fingerprint density at radius 2 is 1.75 bits per heavy atom. The molecule has 6 nitrogen and oxygen atoms in total. The molecular formula is C21H28FN5O. The van der Waals surface area contributed by atoms with E-state index in [4.69, 9.17) is 0 Å². The summed E-state index contributed by atoms with van der Waals surface area (Å²) >= 11 is 0. The number of aryl methyl sites for hydroxylation is 1. The lowest BCUT2D eigenvalue weighted by atomic mass is 10.2. The molecule has 2 heterocycles. The van der Waals surface area contributed by atoms with Gasteiger partial charge in [-0.25, -0.2) is 14.4 Å². The Labute approximate surface area is 165 Å². The molecule has 7 heteroatoms. The number of nitrogens with zero attached hydrogens (tertiary/aromatic N) is 4. The molecule has 0 unspecified atom stereocenters. The fraction of sp³-hybridized carbons (Fsp3) is 0.476. The fourth-order valence-electron chi connectivity index (χ4n) is 3.29. The lowest BCUT2D eigenvalue weighted by Gasteiger charge is -2.36. The third kappa shape index (κ3) is 5.18. The Hall–Kier alpha value is -2.70. The van der Waals surface area contributed by atoms with Crippen molar-refractivity contribution >= 4 is 17.5 Å². The van der Waals surface area contributed by atoms with Crippen molar-refractivity contribution in [3.05, 3.63) is 47.5 Å². The summed E-state index contributed by atoms with van der Waals surface area (Å²) in [5.74, 6) is 0.223. The van der Waals surface area contributed by atoms with Crippen LogP contribution in [0.25, 0.3) is 0 Å². The molecule has 1 aromatic carbocycles. The number of hydrogen-bond acceptors (Lipinski definition) is 5. The van der Waals surface area contributed by atoms with E-state index in [9.17, 15) is 9.18 Å². The molecule has 1 saturated heterocycles. The van der Waals surface area contributed by atoms with Crippen LogP contribution in [0, 0.1) is 12.7 Å². The molecule has 0 spiro atoms. The number of aromatic nitrogens is 2. The Morgan fingerprint density at radius 1 is 1.07 bits per heavy atom. The van der Waals surface area contributed by atoms with Gasteiger partial charge in [-0.15, -0.1) is 0 Å². The van der Waals surface area contributed by atoms with Crippen LogP contribution in [0.15, 0.2) is 30.3 Å². The van der Waals surface area contributed by atoms with Crippen LogP contribution in [0.5, 0.6) is 0 Å². The van der Waals surface area contributed by atoms with E-state index < -0.39 is 0 Å². The quantitative estimate of drug-likeness (QED) is 0.742. The van der Waals surface area contributed by atoms with Crippen molar-refractivity contribution < 1.29 is 9.18 Å². The molecule has 0 atom stereocenters. The average molecular weight is 385 g/mol. The molecule has 150 valence electrons. The normalized spacial score (nSPS) is 14.2. The Bertz CT molecular complexity index is 788. The number of hydrogen-bond donors (Lipinski definition) is 1. The number of halogens is 1. The summed E-state index contributed by atoms with van der Waals surface area (Å²) in [6, 6.07) is 8.30. The van der Waals surface area contributed by atoms with Gasteiger partial charge in [0.05, 0.1) is 0 Å². The summed E-state index contributed by atoms with van der Waals surface area (Å²) in [7, 11) is 0. The second kappa shape index (κ2) is 9.48. The number of carbonyl (C=O) groups is 1. The summed E-state index contributed by atoms with van der Waals surface area (Å²) in [5.41, 5.74) is 2.21. The van der Waals surface area contributed by atoms with E-state index in [1.165, 1.54) is 12.1 Å². The fourth-order valence-corrected chi connectivity index (χ4v) is 3.29. The van der Waals surface area contributed by atoms with Gasteiger partial charge in [-0.05, 0) is 43.7 Å². The van der Waals surface area contributed by atoms with E-state index in [0.717, 1.165) is 56.8 Å². The minimum atomic E-state index is -0.226. The highest BCUT2D eigenvalue weighted by Gasteiger charge is 2.21. The maximum Gasteiger partial charge on any atom is 0.270 e. The van der Waals surface area contributed by atoms with Crippen molar-refractivity contribution in [2.45, 2.75) is 33.1 Å². The Balaban J connectivity index is 1.62. The maximum absolute atomic E-state index is 13.1. The highest BCUT2D eigenvalue weighted by molar-refractivity contribution is 5.92. The highest BCUT2D eigenvalue weighted by atomic mass is 19.1. The molecule has 0 aliphatic carbocycles. The monoisotopic (exact) mass is 385 g/mol. The molecule has 1 aromatic heterocycles. The zero-order valence-corrected chi connectivity index (χ0v) is 16.6. The highest BCUT2D eigenvalue weighted by Crippen LogP contribution is 2.19. The van der Waals surface area contributed by atoms with E-state index in [-0.39, 0.29) is 11.7 Å². The van der Waals surface area contributed by atoms with Crippen LogP contribution in [0.1, 0.15) is 42.4 Å². The van der Waals surface area contributed by atoms with Gasteiger partial charge in [0.1, 0.15) is 11.5 Å². The lowest BCUT2D eigenvalue weighted by molar-refractivity contribution is 0.0947. The second-order valence-corrected chi connectivity index (χ2v) is 7.11. The minimum Gasteiger partial charge on any atom is -0.368 e. The predicted octanol–water partition coefficient (Wildman–Crippen LogP) is 3.17. The molecule has 0 bridgehead atoms. The van der Waals surface area contributed by atoms with Crippen LogP contribution in [-0.2, 0) is 0 Å².